The van der Waals surface area contributed by atoms with E-state index < -0.39 is 0 Å². The summed E-state index contributed by atoms with van der Waals surface area (Å²) in [6.07, 6.45) is 6.23. The number of benzene rings is 1. The van der Waals surface area contributed by atoms with E-state index in [1.807, 2.05) is 48.7 Å². The van der Waals surface area contributed by atoms with Crippen molar-refractivity contribution in [1.82, 2.24) is 25.1 Å². The fourth-order valence-corrected chi connectivity index (χ4v) is 2.36. The van der Waals surface area contributed by atoms with Gasteiger partial charge in [0.15, 0.2) is 5.82 Å². The maximum absolute atomic E-state index is 11.9. The van der Waals surface area contributed by atoms with Gasteiger partial charge in [0, 0.05) is 38.0 Å². The van der Waals surface area contributed by atoms with Crippen molar-refractivity contribution >= 4 is 11.7 Å². The van der Waals surface area contributed by atoms with Crippen molar-refractivity contribution in [1.29, 1.82) is 0 Å². The molecule has 0 saturated carbocycles. The molecule has 0 atom stereocenters. The van der Waals surface area contributed by atoms with Crippen LogP contribution in [0.15, 0.2) is 61.2 Å². The van der Waals surface area contributed by atoms with E-state index in [1.165, 1.54) is 11.9 Å². The van der Waals surface area contributed by atoms with Crippen LogP contribution in [0.1, 0.15) is 12.0 Å². The summed E-state index contributed by atoms with van der Waals surface area (Å²) in [5, 5.41) is 10.2. The molecule has 2 N–H and O–H groups in total. The maximum Gasteiger partial charge on any atom is 0.220 e. The van der Waals surface area contributed by atoms with Crippen LogP contribution >= 0.6 is 0 Å². The van der Waals surface area contributed by atoms with Gasteiger partial charge >= 0.3 is 0 Å². The molecule has 1 aromatic carbocycles. The van der Waals surface area contributed by atoms with E-state index in [4.69, 9.17) is 0 Å². The van der Waals surface area contributed by atoms with Gasteiger partial charge in [0.25, 0.3) is 0 Å². The number of aromatic nitrogens is 4. The summed E-state index contributed by atoms with van der Waals surface area (Å²) in [6.45, 7) is 1.13. The van der Waals surface area contributed by atoms with Gasteiger partial charge in [0.05, 0.1) is 0 Å². The molecule has 1 amide bonds. The van der Waals surface area contributed by atoms with E-state index in [0.717, 1.165) is 6.42 Å². The van der Waals surface area contributed by atoms with Crippen molar-refractivity contribution in [2.75, 3.05) is 18.4 Å². The Labute approximate surface area is 146 Å². The predicted octanol–water partition coefficient (Wildman–Crippen LogP) is 1.82. The molecule has 2 aromatic heterocycles. The van der Waals surface area contributed by atoms with Gasteiger partial charge in [-0.25, -0.2) is 14.6 Å². The highest BCUT2D eigenvalue weighted by Gasteiger charge is 2.03. The summed E-state index contributed by atoms with van der Waals surface area (Å²) in [5.74, 6) is 1.43. The molecule has 128 valence electrons. The number of amides is 1. The van der Waals surface area contributed by atoms with Gasteiger partial charge in [-0.2, -0.15) is 5.10 Å². The molecule has 0 bridgehead atoms. The summed E-state index contributed by atoms with van der Waals surface area (Å²) in [7, 11) is 0. The fraction of sp³-hybridized carbons (Fsp3) is 0.222. The number of anilines is 1. The van der Waals surface area contributed by atoms with Crippen molar-refractivity contribution in [2.24, 2.45) is 0 Å². The molecule has 3 aromatic rings. The summed E-state index contributed by atoms with van der Waals surface area (Å²) in [6, 6.07) is 13.6. The first kappa shape index (κ1) is 16.6. The Bertz CT molecular complexity index is 788. The van der Waals surface area contributed by atoms with Crippen molar-refractivity contribution in [3.63, 3.8) is 0 Å². The van der Waals surface area contributed by atoms with Gasteiger partial charge in [-0.05, 0) is 18.1 Å². The quantitative estimate of drug-likeness (QED) is 0.613. The number of aryl methyl sites for hydroxylation is 1. The van der Waals surface area contributed by atoms with Crippen LogP contribution in [0.4, 0.5) is 5.82 Å². The van der Waals surface area contributed by atoms with Crippen LogP contribution in [-0.4, -0.2) is 38.7 Å². The molecule has 0 aliphatic rings. The van der Waals surface area contributed by atoms with Crippen molar-refractivity contribution in [3.05, 3.63) is 66.7 Å². The standard InChI is InChI=1S/C18H20N6O/c25-18(8-7-15-5-2-1-3-6-15)20-11-10-19-16-13-17(22-14-21-16)24-12-4-9-23-24/h1-6,9,12-14H,7-8,10-11H2,(H,20,25)(H,19,21,22). The number of hydrogen-bond acceptors (Lipinski definition) is 5. The number of rotatable bonds is 8. The first-order valence-electron chi connectivity index (χ1n) is 8.18. The monoisotopic (exact) mass is 336 g/mol. The molecule has 3 rings (SSSR count). The Morgan fingerprint density at radius 3 is 2.76 bits per heavy atom. The molecule has 0 fully saturated rings. The van der Waals surface area contributed by atoms with Gasteiger partial charge in [-0.15, -0.1) is 0 Å². The van der Waals surface area contributed by atoms with Crippen LogP contribution in [0.5, 0.6) is 0 Å². The molecule has 0 spiro atoms. The van der Waals surface area contributed by atoms with E-state index in [1.54, 1.807) is 10.9 Å². The zero-order valence-electron chi connectivity index (χ0n) is 13.8. The third-order valence-corrected chi connectivity index (χ3v) is 3.63. The van der Waals surface area contributed by atoms with E-state index >= 15 is 0 Å². The third kappa shape index (κ3) is 5.13. The van der Waals surface area contributed by atoms with Crippen LogP contribution < -0.4 is 10.6 Å². The lowest BCUT2D eigenvalue weighted by Gasteiger charge is -2.08. The lowest BCUT2D eigenvalue weighted by molar-refractivity contribution is -0.120. The molecule has 7 heteroatoms. The second kappa shape index (κ2) is 8.58. The first-order valence-corrected chi connectivity index (χ1v) is 8.18. The lowest BCUT2D eigenvalue weighted by atomic mass is 10.1. The first-order chi connectivity index (χ1) is 12.3. The van der Waals surface area contributed by atoms with Gasteiger partial charge in [-0.3, -0.25) is 4.79 Å². The van der Waals surface area contributed by atoms with Crippen LogP contribution in [0.25, 0.3) is 5.82 Å². The summed E-state index contributed by atoms with van der Waals surface area (Å²) < 4.78 is 1.66. The summed E-state index contributed by atoms with van der Waals surface area (Å²) >= 11 is 0. The van der Waals surface area contributed by atoms with Crippen LogP contribution in [0, 0.1) is 0 Å². The Morgan fingerprint density at radius 2 is 1.96 bits per heavy atom. The second-order valence-corrected chi connectivity index (χ2v) is 5.47. The molecule has 25 heavy (non-hydrogen) atoms. The van der Waals surface area contributed by atoms with Gasteiger partial charge in [0.1, 0.15) is 12.1 Å². The highest BCUT2D eigenvalue weighted by atomic mass is 16.1. The smallest absolute Gasteiger partial charge is 0.220 e. The van der Waals surface area contributed by atoms with Crippen LogP contribution in [0.2, 0.25) is 0 Å². The molecule has 2 heterocycles. The third-order valence-electron chi connectivity index (χ3n) is 3.63. The predicted molar refractivity (Wildman–Crippen MR) is 95.4 cm³/mol. The van der Waals surface area contributed by atoms with E-state index in [0.29, 0.717) is 31.1 Å². The molecule has 0 unspecified atom stereocenters. The van der Waals surface area contributed by atoms with Gasteiger partial charge in [-0.1, -0.05) is 30.3 Å². The molecule has 0 radical (unpaired) electrons. The molecular formula is C18H20N6O. The molecule has 0 saturated heterocycles. The normalized spacial score (nSPS) is 10.4. The Morgan fingerprint density at radius 1 is 1.08 bits per heavy atom. The summed E-state index contributed by atoms with van der Waals surface area (Å²) in [5.41, 5.74) is 1.17. The minimum atomic E-state index is 0.0468. The number of nitrogens with zero attached hydrogens (tertiary/aromatic N) is 4. The Hall–Kier alpha value is -3.22. The van der Waals surface area contributed by atoms with Crippen molar-refractivity contribution in [3.8, 4) is 5.82 Å². The Kier molecular flexibility index (Phi) is 5.71. The minimum Gasteiger partial charge on any atom is -0.368 e. The van der Waals surface area contributed by atoms with Gasteiger partial charge < -0.3 is 10.6 Å². The molecule has 0 aliphatic carbocycles. The average molecular weight is 336 g/mol. The zero-order chi connectivity index (χ0) is 17.3. The minimum absolute atomic E-state index is 0.0468. The van der Waals surface area contributed by atoms with Crippen LogP contribution in [0.3, 0.4) is 0 Å². The Balaban J connectivity index is 1.38. The molecule has 0 aliphatic heterocycles. The zero-order valence-corrected chi connectivity index (χ0v) is 13.8. The van der Waals surface area contributed by atoms with E-state index in [9.17, 15) is 4.79 Å². The van der Waals surface area contributed by atoms with E-state index in [-0.39, 0.29) is 5.91 Å². The lowest BCUT2D eigenvalue weighted by Crippen LogP contribution is -2.29. The number of nitrogens with one attached hydrogen (secondary N) is 2. The number of hydrogen-bond donors (Lipinski definition) is 2. The van der Waals surface area contributed by atoms with Crippen molar-refractivity contribution < 1.29 is 4.79 Å². The maximum atomic E-state index is 11.9. The average Bonchev–Trinajstić information content (AvgIpc) is 3.19. The van der Waals surface area contributed by atoms with Crippen LogP contribution in [-0.2, 0) is 11.2 Å². The van der Waals surface area contributed by atoms with Crippen molar-refractivity contribution in [2.45, 2.75) is 12.8 Å². The number of carbonyl (C=O) groups excluding carboxylic acids is 1. The molecule has 7 nitrogen and oxygen atoms in total. The molecular weight excluding hydrogens is 316 g/mol. The second-order valence-electron chi connectivity index (χ2n) is 5.47. The fourth-order valence-electron chi connectivity index (χ4n) is 2.36. The van der Waals surface area contributed by atoms with Gasteiger partial charge in [0.2, 0.25) is 5.91 Å². The summed E-state index contributed by atoms with van der Waals surface area (Å²) in [4.78, 5) is 20.2. The SMILES string of the molecule is O=C(CCc1ccccc1)NCCNc1cc(-n2cccn2)ncn1. The number of carbonyl (C=O) groups is 1. The van der Waals surface area contributed by atoms with E-state index in [2.05, 4.69) is 25.7 Å². The highest BCUT2D eigenvalue weighted by molar-refractivity contribution is 5.76. The largest absolute Gasteiger partial charge is 0.368 e. The highest BCUT2D eigenvalue weighted by Crippen LogP contribution is 2.07. The topological polar surface area (TPSA) is 84.7 Å².